The fourth-order valence-corrected chi connectivity index (χ4v) is 3.10. The Balaban J connectivity index is 1.87. The number of hydrogen-bond acceptors (Lipinski definition) is 1. The first kappa shape index (κ1) is 19.7. The average molecular weight is 368 g/mol. The van der Waals surface area contributed by atoms with Gasteiger partial charge in [-0.05, 0) is 62.1 Å². The van der Waals surface area contributed by atoms with Gasteiger partial charge >= 0.3 is 0 Å². The van der Waals surface area contributed by atoms with Gasteiger partial charge in [-0.2, -0.15) is 0 Å². The van der Waals surface area contributed by atoms with Crippen molar-refractivity contribution in [1.82, 2.24) is 0 Å². The third-order valence-corrected chi connectivity index (χ3v) is 4.64. The molecule has 1 heteroatoms. The Labute approximate surface area is 169 Å². The Hall–Kier alpha value is -3.06. The lowest BCUT2D eigenvalue weighted by Crippen LogP contribution is -2.09. The lowest BCUT2D eigenvalue weighted by Gasteiger charge is -2.10. The molecule has 0 radical (unpaired) electrons. The second-order valence-electron chi connectivity index (χ2n) is 7.59. The van der Waals surface area contributed by atoms with Crippen LogP contribution in [-0.2, 0) is 0 Å². The number of rotatable bonds is 6. The van der Waals surface area contributed by atoms with E-state index in [1.54, 1.807) is 0 Å². The number of aryl methyl sites for hydroxylation is 2. The third-order valence-electron chi connectivity index (χ3n) is 4.64. The van der Waals surface area contributed by atoms with Crippen LogP contribution in [0.25, 0.3) is 11.6 Å². The largest absolute Gasteiger partial charge is 0.383 e. The Morgan fingerprint density at radius 2 is 1.21 bits per heavy atom. The minimum atomic E-state index is 0.441. The van der Waals surface area contributed by atoms with Crippen molar-refractivity contribution in [2.45, 2.75) is 33.7 Å². The summed E-state index contributed by atoms with van der Waals surface area (Å²) in [5.74, 6) is 0. The molecule has 0 heterocycles. The van der Waals surface area contributed by atoms with E-state index in [1.807, 2.05) is 0 Å². The van der Waals surface area contributed by atoms with Crippen molar-refractivity contribution in [3.05, 3.63) is 113 Å². The van der Waals surface area contributed by atoms with Gasteiger partial charge < -0.3 is 5.32 Å². The predicted octanol–water partition coefficient (Wildman–Crippen LogP) is 7.27. The van der Waals surface area contributed by atoms with E-state index in [4.69, 9.17) is 0 Å². The molecule has 1 N–H and O–H groups in total. The summed E-state index contributed by atoms with van der Waals surface area (Å²) in [5, 5.41) is 3.42. The number of allylic oxidation sites excluding steroid dienone is 2. The number of nitrogens with one attached hydrogen (secondary N) is 1. The fourth-order valence-electron chi connectivity index (χ4n) is 3.10. The van der Waals surface area contributed by atoms with E-state index >= 15 is 0 Å². The topological polar surface area (TPSA) is 12.0 Å². The molecule has 0 unspecified atom stereocenters. The summed E-state index contributed by atoms with van der Waals surface area (Å²) < 4.78 is 0. The van der Waals surface area contributed by atoms with Crippen LogP contribution in [-0.4, -0.2) is 6.04 Å². The van der Waals surface area contributed by atoms with Gasteiger partial charge in [0.2, 0.25) is 0 Å². The van der Waals surface area contributed by atoms with E-state index < -0.39 is 0 Å². The van der Waals surface area contributed by atoms with Crippen LogP contribution >= 0.6 is 0 Å². The molecule has 0 fully saturated rings. The van der Waals surface area contributed by atoms with Gasteiger partial charge in [-0.1, -0.05) is 90.0 Å². The molecule has 0 aliphatic rings. The van der Waals surface area contributed by atoms with Crippen LogP contribution < -0.4 is 5.32 Å². The molecule has 0 aromatic heterocycles. The normalized spacial score (nSPS) is 11.0. The van der Waals surface area contributed by atoms with E-state index in [1.165, 1.54) is 33.4 Å². The minimum absolute atomic E-state index is 0.441. The molecule has 3 aromatic carbocycles. The van der Waals surface area contributed by atoms with Gasteiger partial charge in [0, 0.05) is 11.7 Å². The average Bonchev–Trinajstić information content (AvgIpc) is 2.68. The van der Waals surface area contributed by atoms with Gasteiger partial charge in [0.05, 0.1) is 0 Å². The molecule has 0 aliphatic heterocycles. The van der Waals surface area contributed by atoms with Crippen molar-refractivity contribution >= 4 is 17.3 Å². The van der Waals surface area contributed by atoms with Crippen LogP contribution in [0.3, 0.4) is 0 Å². The quantitative estimate of drug-likeness (QED) is 0.452. The number of benzene rings is 3. The summed E-state index contributed by atoms with van der Waals surface area (Å²) >= 11 is 0. The first-order valence-electron chi connectivity index (χ1n) is 9.90. The van der Waals surface area contributed by atoms with Crippen molar-refractivity contribution in [1.29, 1.82) is 0 Å². The molecule has 0 amide bonds. The second kappa shape index (κ2) is 9.23. The first-order chi connectivity index (χ1) is 13.5. The van der Waals surface area contributed by atoms with Gasteiger partial charge in [-0.25, -0.2) is 0 Å². The molecular formula is C27H29N. The number of anilines is 1. The Morgan fingerprint density at radius 1 is 0.714 bits per heavy atom. The molecule has 0 bridgehead atoms. The maximum absolute atomic E-state index is 3.42. The van der Waals surface area contributed by atoms with Gasteiger partial charge in [-0.3, -0.25) is 0 Å². The molecule has 0 atom stereocenters. The molecule has 142 valence electrons. The molecule has 28 heavy (non-hydrogen) atoms. The minimum Gasteiger partial charge on any atom is -0.383 e. The Kier molecular flexibility index (Phi) is 6.49. The van der Waals surface area contributed by atoms with Crippen LogP contribution in [0, 0.1) is 13.8 Å². The lowest BCUT2D eigenvalue weighted by atomic mass is 9.96. The van der Waals surface area contributed by atoms with E-state index in [-0.39, 0.29) is 0 Å². The van der Waals surface area contributed by atoms with Crippen LogP contribution in [0.4, 0.5) is 5.69 Å². The van der Waals surface area contributed by atoms with E-state index in [2.05, 4.69) is 124 Å². The molecule has 0 saturated carbocycles. The lowest BCUT2D eigenvalue weighted by molar-refractivity contribution is 0.900. The van der Waals surface area contributed by atoms with Crippen LogP contribution in [0.15, 0.2) is 84.9 Å². The Bertz CT molecular complexity index is 893. The van der Waals surface area contributed by atoms with E-state index in [0.717, 1.165) is 5.69 Å². The van der Waals surface area contributed by atoms with Gasteiger partial charge in [0.15, 0.2) is 0 Å². The summed E-state index contributed by atoms with van der Waals surface area (Å²) in [4.78, 5) is 0. The molecule has 0 aliphatic carbocycles. The van der Waals surface area contributed by atoms with E-state index in [0.29, 0.717) is 6.04 Å². The summed E-state index contributed by atoms with van der Waals surface area (Å²) in [6.07, 6.45) is 6.50. The predicted molar refractivity (Wildman–Crippen MR) is 124 cm³/mol. The van der Waals surface area contributed by atoms with Crippen molar-refractivity contribution in [3.8, 4) is 0 Å². The monoisotopic (exact) mass is 367 g/mol. The molecule has 1 nitrogen and oxygen atoms in total. The highest BCUT2D eigenvalue weighted by Crippen LogP contribution is 2.24. The maximum atomic E-state index is 3.42. The summed E-state index contributed by atoms with van der Waals surface area (Å²) in [6.45, 7) is 8.54. The van der Waals surface area contributed by atoms with Gasteiger partial charge in [0.1, 0.15) is 0 Å². The highest BCUT2D eigenvalue weighted by molar-refractivity contribution is 5.81. The standard InChI is InChI=1S/C27H29N/c1-20(2)28-26-18-12-23(13-19-26)6-5-7-27(24-14-8-21(3)9-15-24)25-16-10-22(4)11-17-25/h5-20,28H,1-4H3. The highest BCUT2D eigenvalue weighted by Gasteiger charge is 2.04. The zero-order valence-electron chi connectivity index (χ0n) is 17.2. The zero-order chi connectivity index (χ0) is 19.9. The smallest absolute Gasteiger partial charge is 0.0342 e. The summed E-state index contributed by atoms with van der Waals surface area (Å²) in [7, 11) is 0. The summed E-state index contributed by atoms with van der Waals surface area (Å²) in [5.41, 5.74) is 8.59. The fraction of sp³-hybridized carbons (Fsp3) is 0.185. The van der Waals surface area contributed by atoms with Crippen molar-refractivity contribution in [3.63, 3.8) is 0 Å². The molecular weight excluding hydrogens is 338 g/mol. The highest BCUT2D eigenvalue weighted by atomic mass is 14.9. The van der Waals surface area contributed by atoms with Crippen LogP contribution in [0.2, 0.25) is 0 Å². The third kappa shape index (κ3) is 5.47. The molecule has 3 rings (SSSR count). The van der Waals surface area contributed by atoms with Crippen LogP contribution in [0.5, 0.6) is 0 Å². The zero-order valence-corrected chi connectivity index (χ0v) is 17.2. The maximum Gasteiger partial charge on any atom is 0.0342 e. The molecule has 3 aromatic rings. The van der Waals surface area contributed by atoms with Gasteiger partial charge in [0.25, 0.3) is 0 Å². The molecule has 0 saturated heterocycles. The van der Waals surface area contributed by atoms with Crippen molar-refractivity contribution in [2.75, 3.05) is 5.32 Å². The van der Waals surface area contributed by atoms with Crippen LogP contribution in [0.1, 0.15) is 41.7 Å². The summed E-state index contributed by atoms with van der Waals surface area (Å²) in [6, 6.07) is 26.4. The SMILES string of the molecule is Cc1ccc(C(=CC=Cc2ccc(NC(C)C)cc2)c2ccc(C)cc2)cc1. The van der Waals surface area contributed by atoms with Crippen molar-refractivity contribution in [2.24, 2.45) is 0 Å². The number of hydrogen-bond donors (Lipinski definition) is 1. The Morgan fingerprint density at radius 3 is 1.68 bits per heavy atom. The molecule has 0 spiro atoms. The first-order valence-corrected chi connectivity index (χ1v) is 9.90. The van der Waals surface area contributed by atoms with E-state index in [9.17, 15) is 0 Å². The van der Waals surface area contributed by atoms with Crippen molar-refractivity contribution < 1.29 is 0 Å². The van der Waals surface area contributed by atoms with Gasteiger partial charge in [-0.15, -0.1) is 0 Å². The second-order valence-corrected chi connectivity index (χ2v) is 7.59.